The Morgan fingerprint density at radius 3 is 2.90 bits per heavy atom. The van der Waals surface area contributed by atoms with E-state index < -0.39 is 0 Å². The van der Waals surface area contributed by atoms with Crippen LogP contribution in [0.15, 0.2) is 18.5 Å². The Morgan fingerprint density at radius 2 is 2.15 bits per heavy atom. The van der Waals surface area contributed by atoms with Crippen LogP contribution < -0.4 is 11.1 Å². The van der Waals surface area contributed by atoms with E-state index in [1.165, 1.54) is 12.8 Å². The molecule has 2 aromatic rings. The minimum atomic E-state index is 0.221. The molecule has 5 heteroatoms. The van der Waals surface area contributed by atoms with E-state index in [4.69, 9.17) is 5.73 Å². The SMILES string of the molecule is CC(C)c1cc2c(N[C@@H]3CCCC[C@H]3N)nccn2n1. The molecule has 3 N–H and O–H groups in total. The highest BCUT2D eigenvalue weighted by molar-refractivity contribution is 5.68. The molecule has 0 aliphatic heterocycles. The number of nitrogens with one attached hydrogen (secondary N) is 1. The molecule has 2 heterocycles. The van der Waals surface area contributed by atoms with E-state index in [2.05, 4.69) is 35.3 Å². The van der Waals surface area contributed by atoms with Gasteiger partial charge < -0.3 is 11.1 Å². The second kappa shape index (κ2) is 5.40. The van der Waals surface area contributed by atoms with Crippen LogP contribution in [0.4, 0.5) is 5.82 Å². The van der Waals surface area contributed by atoms with Gasteiger partial charge in [0, 0.05) is 24.5 Å². The molecule has 3 rings (SSSR count). The van der Waals surface area contributed by atoms with Crippen LogP contribution in [0.2, 0.25) is 0 Å². The van der Waals surface area contributed by atoms with Crippen molar-refractivity contribution in [1.82, 2.24) is 14.6 Å². The maximum atomic E-state index is 6.21. The fourth-order valence-corrected chi connectivity index (χ4v) is 2.85. The van der Waals surface area contributed by atoms with Gasteiger partial charge in [0.1, 0.15) is 5.52 Å². The third-order valence-electron chi connectivity index (χ3n) is 4.14. The van der Waals surface area contributed by atoms with Crippen molar-refractivity contribution in [3.05, 3.63) is 24.2 Å². The summed E-state index contributed by atoms with van der Waals surface area (Å²) < 4.78 is 1.90. The largest absolute Gasteiger partial charge is 0.364 e. The van der Waals surface area contributed by atoms with Gasteiger partial charge in [-0.15, -0.1) is 0 Å². The zero-order valence-electron chi connectivity index (χ0n) is 12.2. The standard InChI is InChI=1S/C15H23N5/c1-10(2)13-9-14-15(17-7-8-20(14)19-13)18-12-6-4-3-5-11(12)16/h7-12H,3-6,16H2,1-2H3,(H,17,18)/t11-,12-/m1/s1. The van der Waals surface area contributed by atoms with Crippen molar-refractivity contribution >= 4 is 11.3 Å². The molecule has 0 saturated heterocycles. The molecule has 0 radical (unpaired) electrons. The van der Waals surface area contributed by atoms with Crippen LogP contribution in [0, 0.1) is 0 Å². The summed E-state index contributed by atoms with van der Waals surface area (Å²) in [5.41, 5.74) is 8.34. The molecule has 108 valence electrons. The van der Waals surface area contributed by atoms with Gasteiger partial charge in [-0.05, 0) is 24.8 Å². The summed E-state index contributed by atoms with van der Waals surface area (Å²) >= 11 is 0. The van der Waals surface area contributed by atoms with Crippen LogP contribution in [0.1, 0.15) is 51.1 Å². The minimum Gasteiger partial charge on any atom is -0.364 e. The van der Waals surface area contributed by atoms with Crippen molar-refractivity contribution in [2.75, 3.05) is 5.32 Å². The van der Waals surface area contributed by atoms with Gasteiger partial charge in [0.05, 0.1) is 5.69 Å². The summed E-state index contributed by atoms with van der Waals surface area (Å²) in [5.74, 6) is 1.31. The van der Waals surface area contributed by atoms with Crippen LogP contribution >= 0.6 is 0 Å². The minimum absolute atomic E-state index is 0.221. The number of rotatable bonds is 3. The third kappa shape index (κ3) is 2.50. The third-order valence-corrected chi connectivity index (χ3v) is 4.14. The van der Waals surface area contributed by atoms with Crippen LogP contribution in [-0.4, -0.2) is 26.7 Å². The highest BCUT2D eigenvalue weighted by atomic mass is 15.2. The summed E-state index contributed by atoms with van der Waals surface area (Å²) in [5, 5.41) is 8.12. The Hall–Kier alpha value is -1.62. The topological polar surface area (TPSA) is 68.2 Å². The fraction of sp³-hybridized carbons (Fsp3) is 0.600. The quantitative estimate of drug-likeness (QED) is 0.901. The van der Waals surface area contributed by atoms with Gasteiger partial charge in [-0.2, -0.15) is 5.10 Å². The number of nitrogens with zero attached hydrogens (tertiary/aromatic N) is 3. The molecule has 0 spiro atoms. The average molecular weight is 273 g/mol. The molecular weight excluding hydrogens is 250 g/mol. The molecule has 0 unspecified atom stereocenters. The normalized spacial score (nSPS) is 23.4. The van der Waals surface area contributed by atoms with Gasteiger partial charge >= 0.3 is 0 Å². The van der Waals surface area contributed by atoms with Gasteiger partial charge in [-0.3, -0.25) is 0 Å². The Morgan fingerprint density at radius 1 is 1.35 bits per heavy atom. The van der Waals surface area contributed by atoms with Crippen LogP contribution in [-0.2, 0) is 0 Å². The van der Waals surface area contributed by atoms with E-state index in [-0.39, 0.29) is 6.04 Å². The number of nitrogens with two attached hydrogens (primary N) is 1. The first-order valence-electron chi connectivity index (χ1n) is 7.51. The number of aromatic nitrogens is 3. The van der Waals surface area contributed by atoms with E-state index in [0.29, 0.717) is 12.0 Å². The van der Waals surface area contributed by atoms with Gasteiger partial charge in [0.25, 0.3) is 0 Å². The molecule has 1 fully saturated rings. The molecule has 1 aliphatic rings. The van der Waals surface area contributed by atoms with Crippen molar-refractivity contribution in [1.29, 1.82) is 0 Å². The second-order valence-electron chi connectivity index (χ2n) is 6.03. The molecular formula is C15H23N5. The van der Waals surface area contributed by atoms with E-state index >= 15 is 0 Å². The molecule has 20 heavy (non-hydrogen) atoms. The van der Waals surface area contributed by atoms with E-state index in [0.717, 1.165) is 29.9 Å². The molecule has 0 bridgehead atoms. The summed E-state index contributed by atoms with van der Waals surface area (Å²) in [6.07, 6.45) is 8.38. The van der Waals surface area contributed by atoms with Crippen molar-refractivity contribution in [3.63, 3.8) is 0 Å². The van der Waals surface area contributed by atoms with Crippen LogP contribution in [0.25, 0.3) is 5.52 Å². The second-order valence-corrected chi connectivity index (χ2v) is 6.03. The Kier molecular flexibility index (Phi) is 3.61. The monoisotopic (exact) mass is 273 g/mol. The highest BCUT2D eigenvalue weighted by Crippen LogP contribution is 2.24. The van der Waals surface area contributed by atoms with Crippen molar-refractivity contribution in [2.45, 2.75) is 57.5 Å². The molecule has 0 aromatic carbocycles. The lowest BCUT2D eigenvalue weighted by atomic mass is 9.91. The predicted octanol–water partition coefficient (Wildman–Crippen LogP) is 2.53. The van der Waals surface area contributed by atoms with E-state index in [1.54, 1.807) is 6.20 Å². The lowest BCUT2D eigenvalue weighted by Crippen LogP contribution is -2.42. The van der Waals surface area contributed by atoms with Crippen molar-refractivity contribution in [2.24, 2.45) is 5.73 Å². The number of anilines is 1. The number of fused-ring (bicyclic) bond motifs is 1. The zero-order chi connectivity index (χ0) is 14.1. The summed E-state index contributed by atoms with van der Waals surface area (Å²) in [7, 11) is 0. The number of hydrogen-bond acceptors (Lipinski definition) is 4. The Bertz CT molecular complexity index is 589. The Labute approximate surface area is 119 Å². The van der Waals surface area contributed by atoms with Gasteiger partial charge in [0.15, 0.2) is 5.82 Å². The van der Waals surface area contributed by atoms with Crippen LogP contribution in [0.5, 0.6) is 0 Å². The van der Waals surface area contributed by atoms with Crippen molar-refractivity contribution in [3.8, 4) is 0 Å². The van der Waals surface area contributed by atoms with Gasteiger partial charge in [0.2, 0.25) is 0 Å². The number of hydrogen-bond donors (Lipinski definition) is 2. The maximum Gasteiger partial charge on any atom is 0.152 e. The molecule has 0 amide bonds. The molecule has 2 aromatic heterocycles. The fourth-order valence-electron chi connectivity index (χ4n) is 2.85. The zero-order valence-corrected chi connectivity index (χ0v) is 12.2. The molecule has 1 aliphatic carbocycles. The molecule has 5 nitrogen and oxygen atoms in total. The summed E-state index contributed by atoms with van der Waals surface area (Å²) in [6.45, 7) is 4.30. The smallest absolute Gasteiger partial charge is 0.152 e. The first-order valence-corrected chi connectivity index (χ1v) is 7.51. The first-order chi connectivity index (χ1) is 9.65. The van der Waals surface area contributed by atoms with E-state index in [9.17, 15) is 0 Å². The lowest BCUT2D eigenvalue weighted by molar-refractivity contribution is 0.403. The van der Waals surface area contributed by atoms with E-state index in [1.807, 2.05) is 10.7 Å². The lowest BCUT2D eigenvalue weighted by Gasteiger charge is -2.29. The predicted molar refractivity (Wildman–Crippen MR) is 80.9 cm³/mol. The highest BCUT2D eigenvalue weighted by Gasteiger charge is 2.22. The van der Waals surface area contributed by atoms with Crippen molar-refractivity contribution < 1.29 is 0 Å². The first kappa shape index (κ1) is 13.4. The molecule has 2 atom stereocenters. The maximum absolute atomic E-state index is 6.21. The Balaban J connectivity index is 1.90. The summed E-state index contributed by atoms with van der Waals surface area (Å²) in [4.78, 5) is 4.48. The van der Waals surface area contributed by atoms with Gasteiger partial charge in [-0.25, -0.2) is 9.50 Å². The molecule has 1 saturated carbocycles. The summed E-state index contributed by atoms with van der Waals surface area (Å²) in [6, 6.07) is 2.66. The van der Waals surface area contributed by atoms with Gasteiger partial charge in [-0.1, -0.05) is 26.7 Å². The average Bonchev–Trinajstić information content (AvgIpc) is 2.86. The van der Waals surface area contributed by atoms with Crippen LogP contribution in [0.3, 0.4) is 0 Å².